The van der Waals surface area contributed by atoms with E-state index in [1.807, 2.05) is 0 Å². The van der Waals surface area contributed by atoms with Crippen molar-refractivity contribution in [3.05, 3.63) is 29.8 Å². The molecule has 1 aliphatic rings. The minimum Gasteiger partial charge on any atom is -0.362 e. The predicted octanol–water partition coefficient (Wildman–Crippen LogP) is 4.22. The van der Waals surface area contributed by atoms with Gasteiger partial charge in [0.25, 0.3) is 0 Å². The number of piperidine rings is 1. The van der Waals surface area contributed by atoms with E-state index in [0.29, 0.717) is 11.0 Å². The Labute approximate surface area is 146 Å². The fraction of sp³-hybridized carbons (Fsp3) is 0.632. The molecule has 3 nitrogen and oxygen atoms in total. The first-order valence-electron chi connectivity index (χ1n) is 8.91. The molecule has 1 atom stereocenters. The number of nitrogens with zero attached hydrogens (tertiary/aromatic N) is 1. The maximum absolute atomic E-state index is 5.37. The van der Waals surface area contributed by atoms with Crippen LogP contribution in [0.15, 0.2) is 24.3 Å². The highest BCUT2D eigenvalue weighted by Gasteiger charge is 2.15. The zero-order valence-electron chi connectivity index (χ0n) is 14.8. The molecule has 0 unspecified atom stereocenters. The van der Waals surface area contributed by atoms with Crippen molar-refractivity contribution >= 4 is 23.0 Å². The molecule has 23 heavy (non-hydrogen) atoms. The number of rotatable bonds is 6. The third-order valence-electron chi connectivity index (χ3n) is 4.51. The second kappa shape index (κ2) is 9.24. The smallest absolute Gasteiger partial charge is 0.170 e. The Kier molecular flexibility index (Phi) is 7.31. The third kappa shape index (κ3) is 6.48. The fourth-order valence-corrected chi connectivity index (χ4v) is 3.34. The Morgan fingerprint density at radius 1 is 1.30 bits per heavy atom. The molecule has 2 N–H and O–H groups in total. The van der Waals surface area contributed by atoms with Crippen LogP contribution in [0, 0.1) is 5.92 Å². The van der Waals surface area contributed by atoms with Crippen molar-refractivity contribution in [2.45, 2.75) is 46.0 Å². The Morgan fingerprint density at radius 3 is 2.70 bits per heavy atom. The first kappa shape index (κ1) is 18.2. The van der Waals surface area contributed by atoms with Crippen LogP contribution in [0.25, 0.3) is 0 Å². The highest BCUT2D eigenvalue weighted by molar-refractivity contribution is 7.80. The summed E-state index contributed by atoms with van der Waals surface area (Å²) in [5.41, 5.74) is 2.40. The van der Waals surface area contributed by atoms with Crippen molar-refractivity contribution in [1.29, 1.82) is 0 Å². The number of likely N-dealkylation sites (tertiary alicyclic amines) is 1. The SMILES string of the molecule is CC(C)c1ccc(NC(=S)NCCCN2CCC[C@H](C)C2)cc1. The monoisotopic (exact) mass is 333 g/mol. The molecule has 0 spiro atoms. The van der Waals surface area contributed by atoms with Gasteiger partial charge in [-0.05, 0) is 74.1 Å². The van der Waals surface area contributed by atoms with Crippen LogP contribution in [-0.4, -0.2) is 36.2 Å². The molecular formula is C19H31N3S. The van der Waals surface area contributed by atoms with Gasteiger partial charge in [0, 0.05) is 18.8 Å². The largest absolute Gasteiger partial charge is 0.362 e. The summed E-state index contributed by atoms with van der Waals surface area (Å²) in [6.45, 7) is 11.4. The molecule has 1 heterocycles. The average Bonchev–Trinajstić information content (AvgIpc) is 2.52. The standard InChI is InChI=1S/C19H31N3S/c1-15(2)17-7-9-18(10-8-17)21-19(23)20-11-5-13-22-12-4-6-16(3)14-22/h7-10,15-16H,4-6,11-14H2,1-3H3,(H2,20,21,23)/t16-/m0/s1. The summed E-state index contributed by atoms with van der Waals surface area (Å²) in [6.07, 6.45) is 3.88. The van der Waals surface area contributed by atoms with Gasteiger partial charge in [-0.25, -0.2) is 0 Å². The first-order valence-corrected chi connectivity index (χ1v) is 9.32. The molecule has 0 saturated carbocycles. The molecule has 128 valence electrons. The van der Waals surface area contributed by atoms with Gasteiger partial charge in [0.05, 0.1) is 0 Å². The summed E-state index contributed by atoms with van der Waals surface area (Å²) < 4.78 is 0. The van der Waals surface area contributed by atoms with Crippen molar-refractivity contribution in [2.24, 2.45) is 5.92 Å². The van der Waals surface area contributed by atoms with Crippen molar-refractivity contribution in [3.63, 3.8) is 0 Å². The fourth-order valence-electron chi connectivity index (χ4n) is 3.12. The average molecular weight is 334 g/mol. The Balaban J connectivity index is 1.63. The van der Waals surface area contributed by atoms with Crippen molar-refractivity contribution in [2.75, 3.05) is 31.5 Å². The summed E-state index contributed by atoms with van der Waals surface area (Å²) in [7, 11) is 0. The van der Waals surface area contributed by atoms with E-state index in [1.165, 1.54) is 38.0 Å². The Hall–Kier alpha value is -1.13. The number of nitrogens with one attached hydrogen (secondary N) is 2. The van der Waals surface area contributed by atoms with E-state index in [9.17, 15) is 0 Å². The van der Waals surface area contributed by atoms with Crippen LogP contribution in [0.1, 0.15) is 51.5 Å². The van der Waals surface area contributed by atoms with Crippen LogP contribution >= 0.6 is 12.2 Å². The number of benzene rings is 1. The summed E-state index contributed by atoms with van der Waals surface area (Å²) in [5.74, 6) is 1.42. The third-order valence-corrected chi connectivity index (χ3v) is 4.76. The summed E-state index contributed by atoms with van der Waals surface area (Å²) in [5, 5.41) is 7.29. The molecule has 1 aromatic rings. The van der Waals surface area contributed by atoms with Gasteiger partial charge in [-0.3, -0.25) is 0 Å². The molecule has 1 aromatic carbocycles. The second-order valence-electron chi connectivity index (χ2n) is 7.06. The molecule has 0 aliphatic carbocycles. The maximum atomic E-state index is 5.37. The van der Waals surface area contributed by atoms with E-state index in [-0.39, 0.29) is 0 Å². The molecule has 0 radical (unpaired) electrons. The lowest BCUT2D eigenvalue weighted by atomic mass is 10.0. The molecule has 2 rings (SSSR count). The van der Waals surface area contributed by atoms with Gasteiger partial charge in [0.1, 0.15) is 0 Å². The zero-order chi connectivity index (χ0) is 16.7. The molecule has 4 heteroatoms. The lowest BCUT2D eigenvalue weighted by Crippen LogP contribution is -2.37. The summed E-state index contributed by atoms with van der Waals surface area (Å²) in [6, 6.07) is 8.51. The molecule has 1 aliphatic heterocycles. The van der Waals surface area contributed by atoms with E-state index in [1.54, 1.807) is 0 Å². The minimum absolute atomic E-state index is 0.562. The first-order chi connectivity index (χ1) is 11.0. The maximum Gasteiger partial charge on any atom is 0.170 e. The van der Waals surface area contributed by atoms with Gasteiger partial charge in [0.15, 0.2) is 5.11 Å². The van der Waals surface area contributed by atoms with E-state index in [2.05, 4.69) is 60.6 Å². The summed E-state index contributed by atoms with van der Waals surface area (Å²) in [4.78, 5) is 2.58. The highest BCUT2D eigenvalue weighted by Crippen LogP contribution is 2.17. The van der Waals surface area contributed by atoms with Gasteiger partial charge in [-0.2, -0.15) is 0 Å². The van der Waals surface area contributed by atoms with Crippen molar-refractivity contribution in [3.8, 4) is 0 Å². The summed E-state index contributed by atoms with van der Waals surface area (Å²) >= 11 is 5.37. The van der Waals surface area contributed by atoms with Crippen LogP contribution in [0.2, 0.25) is 0 Å². The quantitative estimate of drug-likeness (QED) is 0.602. The van der Waals surface area contributed by atoms with E-state index in [0.717, 1.165) is 24.6 Å². The number of thiocarbonyl (C=S) groups is 1. The normalized spacial score (nSPS) is 18.9. The second-order valence-corrected chi connectivity index (χ2v) is 7.47. The van der Waals surface area contributed by atoms with Crippen LogP contribution in [0.3, 0.4) is 0 Å². The molecule has 0 aromatic heterocycles. The van der Waals surface area contributed by atoms with E-state index >= 15 is 0 Å². The number of anilines is 1. The number of hydrogen-bond acceptors (Lipinski definition) is 2. The van der Waals surface area contributed by atoms with Gasteiger partial charge in [-0.1, -0.05) is 32.9 Å². The van der Waals surface area contributed by atoms with Gasteiger partial charge < -0.3 is 15.5 Å². The van der Waals surface area contributed by atoms with Crippen molar-refractivity contribution < 1.29 is 0 Å². The molecule has 0 bridgehead atoms. The number of hydrogen-bond donors (Lipinski definition) is 2. The molecule has 1 saturated heterocycles. The lowest BCUT2D eigenvalue weighted by Gasteiger charge is -2.30. The van der Waals surface area contributed by atoms with Gasteiger partial charge in [-0.15, -0.1) is 0 Å². The van der Waals surface area contributed by atoms with E-state index in [4.69, 9.17) is 12.2 Å². The van der Waals surface area contributed by atoms with Crippen LogP contribution in [0.5, 0.6) is 0 Å². The van der Waals surface area contributed by atoms with Crippen LogP contribution in [-0.2, 0) is 0 Å². The van der Waals surface area contributed by atoms with Crippen molar-refractivity contribution in [1.82, 2.24) is 10.2 Å². The van der Waals surface area contributed by atoms with Crippen LogP contribution in [0.4, 0.5) is 5.69 Å². The highest BCUT2D eigenvalue weighted by atomic mass is 32.1. The predicted molar refractivity (Wildman–Crippen MR) is 104 cm³/mol. The Morgan fingerprint density at radius 2 is 2.04 bits per heavy atom. The molecule has 0 amide bonds. The Bertz CT molecular complexity index is 484. The minimum atomic E-state index is 0.562. The van der Waals surface area contributed by atoms with Gasteiger partial charge >= 0.3 is 0 Å². The zero-order valence-corrected chi connectivity index (χ0v) is 15.6. The van der Waals surface area contributed by atoms with Crippen LogP contribution < -0.4 is 10.6 Å². The molecular weight excluding hydrogens is 302 g/mol. The lowest BCUT2D eigenvalue weighted by molar-refractivity contribution is 0.182. The van der Waals surface area contributed by atoms with Gasteiger partial charge in [0.2, 0.25) is 0 Å². The topological polar surface area (TPSA) is 27.3 Å². The van der Waals surface area contributed by atoms with E-state index < -0.39 is 0 Å². The molecule has 1 fully saturated rings.